The minimum Gasteiger partial charge on any atom is -0.384 e. The quantitative estimate of drug-likeness (QED) is 0.878. The molecule has 4 heteroatoms. The van der Waals surface area contributed by atoms with Crippen LogP contribution in [0.4, 0.5) is 5.82 Å². The molecule has 1 heterocycles. The summed E-state index contributed by atoms with van der Waals surface area (Å²) in [5.41, 5.74) is 7.55. The van der Waals surface area contributed by atoms with Crippen molar-refractivity contribution in [1.82, 2.24) is 10.3 Å². The zero-order valence-corrected chi connectivity index (χ0v) is 12.0. The first kappa shape index (κ1) is 13.8. The third-order valence-corrected chi connectivity index (χ3v) is 3.83. The number of hydrogen-bond donors (Lipinski definition) is 2. The summed E-state index contributed by atoms with van der Waals surface area (Å²) in [5.74, 6) is 0.378. The van der Waals surface area contributed by atoms with Crippen LogP contribution in [0, 0.1) is 5.41 Å². The zero-order chi connectivity index (χ0) is 14.0. The largest absolute Gasteiger partial charge is 0.384 e. The third kappa shape index (κ3) is 3.46. The molecular weight excluding hydrogens is 238 g/mol. The van der Waals surface area contributed by atoms with Crippen molar-refractivity contribution in [2.75, 3.05) is 5.73 Å². The molecule has 0 aromatic carbocycles. The van der Waals surface area contributed by atoms with E-state index >= 15 is 0 Å². The first-order chi connectivity index (χ1) is 8.89. The molecule has 1 aliphatic rings. The second-order valence-corrected chi connectivity index (χ2v) is 6.20. The molecule has 0 saturated heterocycles. The second-order valence-electron chi connectivity index (χ2n) is 6.20. The van der Waals surface area contributed by atoms with Gasteiger partial charge in [0.1, 0.15) is 5.82 Å². The number of carbonyl (C=O) groups excluding carboxylic acids is 1. The van der Waals surface area contributed by atoms with Crippen LogP contribution in [0.1, 0.15) is 56.1 Å². The number of rotatable bonds is 3. The van der Waals surface area contributed by atoms with Crippen molar-refractivity contribution in [2.45, 2.75) is 52.5 Å². The van der Waals surface area contributed by atoms with Gasteiger partial charge in [-0.15, -0.1) is 0 Å². The summed E-state index contributed by atoms with van der Waals surface area (Å²) in [6.07, 6.45) is 4.04. The first-order valence-corrected chi connectivity index (χ1v) is 6.97. The van der Waals surface area contributed by atoms with Gasteiger partial charge in [0, 0.05) is 17.3 Å². The Labute approximate surface area is 114 Å². The monoisotopic (exact) mass is 261 g/mol. The van der Waals surface area contributed by atoms with Crippen molar-refractivity contribution in [3.8, 4) is 0 Å². The van der Waals surface area contributed by atoms with Gasteiger partial charge in [-0.3, -0.25) is 4.79 Å². The highest BCUT2D eigenvalue weighted by Crippen LogP contribution is 2.36. The molecule has 1 atom stereocenters. The van der Waals surface area contributed by atoms with Gasteiger partial charge in [-0.05, 0) is 43.2 Å². The molecule has 1 aromatic heterocycles. The average molecular weight is 261 g/mol. The predicted molar refractivity (Wildman–Crippen MR) is 76.9 cm³/mol. The molecule has 1 amide bonds. The highest BCUT2D eigenvalue weighted by atomic mass is 16.1. The number of nitrogens with one attached hydrogen (secondary N) is 1. The van der Waals surface area contributed by atoms with Gasteiger partial charge in [0.25, 0.3) is 5.91 Å². The Kier molecular flexibility index (Phi) is 3.78. The van der Waals surface area contributed by atoms with Crippen LogP contribution in [0.3, 0.4) is 0 Å². The normalized spacial score (nSPS) is 21.3. The average Bonchev–Trinajstić information content (AvgIpc) is 2.67. The second kappa shape index (κ2) is 5.19. The molecule has 1 fully saturated rings. The molecule has 4 nitrogen and oxygen atoms in total. The maximum atomic E-state index is 12.2. The van der Waals surface area contributed by atoms with Gasteiger partial charge < -0.3 is 11.1 Å². The molecule has 0 spiro atoms. The van der Waals surface area contributed by atoms with Crippen LogP contribution in [-0.2, 0) is 6.42 Å². The molecule has 104 valence electrons. The van der Waals surface area contributed by atoms with Crippen molar-refractivity contribution in [1.29, 1.82) is 0 Å². The van der Waals surface area contributed by atoms with E-state index in [2.05, 4.69) is 24.1 Å². The van der Waals surface area contributed by atoms with Crippen LogP contribution in [-0.4, -0.2) is 16.9 Å². The Morgan fingerprint density at radius 1 is 1.53 bits per heavy atom. The van der Waals surface area contributed by atoms with E-state index in [-0.39, 0.29) is 11.9 Å². The fourth-order valence-corrected chi connectivity index (χ4v) is 2.75. The lowest BCUT2D eigenvalue weighted by Gasteiger charge is -2.18. The number of aryl methyl sites for hydroxylation is 1. The van der Waals surface area contributed by atoms with E-state index in [1.165, 1.54) is 0 Å². The third-order valence-electron chi connectivity index (χ3n) is 3.83. The summed E-state index contributed by atoms with van der Waals surface area (Å²) in [6.45, 7) is 6.50. The predicted octanol–water partition coefficient (Wildman–Crippen LogP) is 2.53. The number of amides is 1. The lowest BCUT2D eigenvalue weighted by molar-refractivity contribution is 0.0936. The Hall–Kier alpha value is -1.58. The number of carbonyl (C=O) groups is 1. The standard InChI is InChI=1S/C15H23N3O/c1-4-11-7-10(8-13(16)17-11)14(19)18-12-5-6-15(2,3)9-12/h7-8,12H,4-6,9H2,1-3H3,(H2,16,17)(H,18,19). The SMILES string of the molecule is CCc1cc(C(=O)NC2CCC(C)(C)C2)cc(N)n1. The molecule has 1 saturated carbocycles. The summed E-state index contributed by atoms with van der Waals surface area (Å²) in [4.78, 5) is 16.4. The molecule has 0 radical (unpaired) electrons. The van der Waals surface area contributed by atoms with E-state index in [0.717, 1.165) is 31.4 Å². The van der Waals surface area contributed by atoms with Crippen molar-refractivity contribution < 1.29 is 4.79 Å². The zero-order valence-electron chi connectivity index (χ0n) is 12.0. The molecule has 1 aliphatic carbocycles. The summed E-state index contributed by atoms with van der Waals surface area (Å²) in [6, 6.07) is 3.75. The van der Waals surface area contributed by atoms with Crippen LogP contribution in [0.15, 0.2) is 12.1 Å². The Balaban J connectivity index is 2.06. The maximum absolute atomic E-state index is 12.2. The number of aromatic nitrogens is 1. The summed E-state index contributed by atoms with van der Waals surface area (Å²) < 4.78 is 0. The van der Waals surface area contributed by atoms with Gasteiger partial charge in [0.15, 0.2) is 0 Å². The summed E-state index contributed by atoms with van der Waals surface area (Å²) in [5, 5.41) is 3.11. The minimum atomic E-state index is -0.0356. The Morgan fingerprint density at radius 3 is 2.84 bits per heavy atom. The van der Waals surface area contributed by atoms with Crippen LogP contribution in [0.25, 0.3) is 0 Å². The molecule has 1 aromatic rings. The number of nitrogen functional groups attached to an aromatic ring is 1. The highest BCUT2D eigenvalue weighted by Gasteiger charge is 2.31. The van der Waals surface area contributed by atoms with Crippen LogP contribution in [0.2, 0.25) is 0 Å². The Morgan fingerprint density at radius 2 is 2.26 bits per heavy atom. The van der Waals surface area contributed by atoms with E-state index in [4.69, 9.17) is 5.73 Å². The van der Waals surface area contributed by atoms with Gasteiger partial charge in [-0.2, -0.15) is 0 Å². The van der Waals surface area contributed by atoms with Crippen molar-refractivity contribution >= 4 is 11.7 Å². The summed E-state index contributed by atoms with van der Waals surface area (Å²) >= 11 is 0. The van der Waals surface area contributed by atoms with Crippen LogP contribution < -0.4 is 11.1 Å². The van der Waals surface area contributed by atoms with E-state index in [1.807, 2.05) is 13.0 Å². The maximum Gasteiger partial charge on any atom is 0.251 e. The van der Waals surface area contributed by atoms with Crippen molar-refractivity contribution in [2.24, 2.45) is 5.41 Å². The molecule has 19 heavy (non-hydrogen) atoms. The van der Waals surface area contributed by atoms with Gasteiger partial charge in [-0.1, -0.05) is 20.8 Å². The smallest absolute Gasteiger partial charge is 0.251 e. The van der Waals surface area contributed by atoms with E-state index in [9.17, 15) is 4.79 Å². The number of nitrogens with zero attached hydrogens (tertiary/aromatic N) is 1. The molecule has 2 rings (SSSR count). The lowest BCUT2D eigenvalue weighted by atomic mass is 9.92. The van der Waals surface area contributed by atoms with Gasteiger partial charge in [-0.25, -0.2) is 4.98 Å². The highest BCUT2D eigenvalue weighted by molar-refractivity contribution is 5.95. The fourth-order valence-electron chi connectivity index (χ4n) is 2.75. The number of hydrogen-bond acceptors (Lipinski definition) is 3. The van der Waals surface area contributed by atoms with E-state index in [0.29, 0.717) is 16.8 Å². The van der Waals surface area contributed by atoms with Crippen LogP contribution in [0.5, 0.6) is 0 Å². The topological polar surface area (TPSA) is 68.0 Å². The first-order valence-electron chi connectivity index (χ1n) is 6.97. The van der Waals surface area contributed by atoms with Crippen molar-refractivity contribution in [3.63, 3.8) is 0 Å². The van der Waals surface area contributed by atoms with E-state index < -0.39 is 0 Å². The van der Waals surface area contributed by atoms with Gasteiger partial charge in [0.2, 0.25) is 0 Å². The minimum absolute atomic E-state index is 0.0356. The molecule has 3 N–H and O–H groups in total. The summed E-state index contributed by atoms with van der Waals surface area (Å²) in [7, 11) is 0. The molecule has 0 bridgehead atoms. The number of pyridine rings is 1. The lowest BCUT2D eigenvalue weighted by Crippen LogP contribution is -2.33. The number of anilines is 1. The van der Waals surface area contributed by atoms with Crippen molar-refractivity contribution in [3.05, 3.63) is 23.4 Å². The molecular formula is C15H23N3O. The molecule has 0 aliphatic heterocycles. The van der Waals surface area contributed by atoms with Crippen LogP contribution >= 0.6 is 0 Å². The Bertz CT molecular complexity index is 482. The number of nitrogens with two attached hydrogens (primary N) is 1. The van der Waals surface area contributed by atoms with Gasteiger partial charge >= 0.3 is 0 Å². The van der Waals surface area contributed by atoms with Gasteiger partial charge in [0.05, 0.1) is 0 Å². The van der Waals surface area contributed by atoms with E-state index in [1.54, 1.807) is 6.07 Å². The fraction of sp³-hybridized carbons (Fsp3) is 0.600. The molecule has 1 unspecified atom stereocenters.